The molecule has 3 aliphatic rings. The molecule has 2 saturated heterocycles. The number of benzene rings is 1. The molecule has 0 radical (unpaired) electrons. The zero-order valence-corrected chi connectivity index (χ0v) is 11.6. The first-order valence-corrected chi connectivity index (χ1v) is 7.37. The number of rotatable bonds is 1. The minimum Gasteiger partial charge on any atom is -0.357 e. The van der Waals surface area contributed by atoms with Crippen LogP contribution < -0.4 is 0 Å². The lowest BCUT2D eigenvalue weighted by Crippen LogP contribution is -2.59. The van der Waals surface area contributed by atoms with Crippen LogP contribution in [0.25, 0.3) is 0 Å². The molecule has 0 N–H and O–H groups in total. The molecule has 4 rings (SSSR count). The van der Waals surface area contributed by atoms with Crippen LogP contribution in [-0.4, -0.2) is 17.7 Å². The Hall–Kier alpha value is -2.00. The normalized spacial score (nSPS) is 37.4. The summed E-state index contributed by atoms with van der Waals surface area (Å²) in [5.74, 6) is -0.600. The molecule has 1 aliphatic carbocycles. The van der Waals surface area contributed by atoms with Gasteiger partial charge in [0.15, 0.2) is 11.6 Å². The number of hydrogen-bond acceptors (Lipinski definition) is 3. The summed E-state index contributed by atoms with van der Waals surface area (Å²) in [5, 5.41) is 0. The fraction of sp³-hybridized carbons (Fsp3) is 0.333. The van der Waals surface area contributed by atoms with Gasteiger partial charge in [-0.05, 0) is 12.0 Å². The summed E-state index contributed by atoms with van der Waals surface area (Å²) in [7, 11) is 0. The second-order valence-corrected chi connectivity index (χ2v) is 5.94. The van der Waals surface area contributed by atoms with Crippen LogP contribution in [0.3, 0.4) is 0 Å². The number of hydrogen-bond donors (Lipinski definition) is 0. The van der Waals surface area contributed by atoms with E-state index >= 15 is 0 Å². The number of ether oxygens (including phenoxy) is 1. The third-order valence-electron chi connectivity index (χ3n) is 4.86. The average Bonchev–Trinajstić information content (AvgIpc) is 2.67. The first-order valence-electron chi connectivity index (χ1n) is 7.37. The smallest absolute Gasteiger partial charge is 0.162 e. The quantitative estimate of drug-likeness (QED) is 0.794. The lowest BCUT2D eigenvalue weighted by molar-refractivity contribution is -0.201. The molecule has 1 aromatic carbocycles. The maximum atomic E-state index is 12.8. The molecule has 3 heteroatoms. The summed E-state index contributed by atoms with van der Waals surface area (Å²) in [6, 6.07) is 9.84. The molecule has 0 aromatic heterocycles. The Morgan fingerprint density at radius 2 is 1.81 bits per heavy atom. The van der Waals surface area contributed by atoms with Crippen molar-refractivity contribution in [3.05, 3.63) is 60.2 Å². The number of carbonyl (C=O) groups excluding carboxylic acids is 2. The van der Waals surface area contributed by atoms with Gasteiger partial charge in [-0.3, -0.25) is 9.59 Å². The first kappa shape index (κ1) is 12.7. The maximum absolute atomic E-state index is 12.8. The summed E-state index contributed by atoms with van der Waals surface area (Å²) in [6.07, 6.45) is 7.92. The standard InChI is InChI=1S/C18H16O3/c19-15-10-11-18(12-6-2-1-3-7-12)14-9-5-4-8-13(16(14)20)17(15)21-18/h1-9,13-14,17H,10-11H2. The molecule has 2 heterocycles. The molecular weight excluding hydrogens is 264 g/mol. The lowest BCUT2D eigenvalue weighted by atomic mass is 9.66. The van der Waals surface area contributed by atoms with E-state index in [0.29, 0.717) is 12.8 Å². The summed E-state index contributed by atoms with van der Waals surface area (Å²) in [4.78, 5) is 25.0. The van der Waals surface area contributed by atoms with Crippen molar-refractivity contribution in [1.29, 1.82) is 0 Å². The largest absolute Gasteiger partial charge is 0.357 e. The Labute approximate surface area is 123 Å². The molecule has 1 aromatic rings. The van der Waals surface area contributed by atoms with E-state index in [1.165, 1.54) is 0 Å². The van der Waals surface area contributed by atoms with Crippen LogP contribution in [0.4, 0.5) is 0 Å². The van der Waals surface area contributed by atoms with Crippen LogP contribution in [-0.2, 0) is 19.9 Å². The molecule has 21 heavy (non-hydrogen) atoms. The minimum absolute atomic E-state index is 0.0462. The molecule has 0 spiro atoms. The predicted octanol–water partition coefficient (Wildman–Crippen LogP) is 2.57. The van der Waals surface area contributed by atoms with Crippen molar-refractivity contribution in [3.8, 4) is 0 Å². The molecule has 106 valence electrons. The van der Waals surface area contributed by atoms with E-state index in [9.17, 15) is 9.59 Å². The molecular formula is C18H16O3. The number of Topliss-reactive ketones (excluding diaryl/α,β-unsaturated/α-hetero) is 2. The fourth-order valence-corrected chi connectivity index (χ4v) is 3.81. The van der Waals surface area contributed by atoms with Crippen LogP contribution in [0.15, 0.2) is 54.6 Å². The van der Waals surface area contributed by atoms with Gasteiger partial charge in [0.2, 0.25) is 0 Å². The highest BCUT2D eigenvalue weighted by atomic mass is 16.5. The van der Waals surface area contributed by atoms with Gasteiger partial charge >= 0.3 is 0 Å². The Bertz CT molecular complexity index is 658. The highest BCUT2D eigenvalue weighted by molar-refractivity contribution is 5.98. The monoisotopic (exact) mass is 280 g/mol. The summed E-state index contributed by atoms with van der Waals surface area (Å²) in [6.45, 7) is 0. The van der Waals surface area contributed by atoms with Crippen LogP contribution >= 0.6 is 0 Å². The summed E-state index contributed by atoms with van der Waals surface area (Å²) < 4.78 is 6.25. The Balaban J connectivity index is 1.90. The molecule has 0 amide bonds. The van der Waals surface area contributed by atoms with Crippen molar-refractivity contribution in [2.75, 3.05) is 0 Å². The number of fused-ring (bicyclic) bond motifs is 6. The van der Waals surface area contributed by atoms with Gasteiger partial charge < -0.3 is 4.74 Å². The van der Waals surface area contributed by atoms with E-state index in [2.05, 4.69) is 0 Å². The molecule has 3 nitrogen and oxygen atoms in total. The molecule has 4 bridgehead atoms. The summed E-state index contributed by atoms with van der Waals surface area (Å²) >= 11 is 0. The molecule has 2 aliphatic heterocycles. The zero-order valence-electron chi connectivity index (χ0n) is 11.6. The van der Waals surface area contributed by atoms with Crippen LogP contribution in [0.1, 0.15) is 18.4 Å². The van der Waals surface area contributed by atoms with E-state index in [4.69, 9.17) is 4.74 Å². The van der Waals surface area contributed by atoms with E-state index in [-0.39, 0.29) is 17.5 Å². The second-order valence-electron chi connectivity index (χ2n) is 5.94. The van der Waals surface area contributed by atoms with Crippen LogP contribution in [0.5, 0.6) is 0 Å². The molecule has 2 fully saturated rings. The van der Waals surface area contributed by atoms with Crippen molar-refractivity contribution in [1.82, 2.24) is 0 Å². The predicted molar refractivity (Wildman–Crippen MR) is 77.5 cm³/mol. The summed E-state index contributed by atoms with van der Waals surface area (Å²) in [5.41, 5.74) is 0.307. The number of carbonyl (C=O) groups is 2. The van der Waals surface area contributed by atoms with Crippen molar-refractivity contribution >= 4 is 11.6 Å². The molecule has 4 unspecified atom stereocenters. The number of allylic oxidation sites excluding steroid dienone is 2. The highest BCUT2D eigenvalue weighted by Gasteiger charge is 2.57. The Kier molecular flexibility index (Phi) is 2.73. The maximum Gasteiger partial charge on any atom is 0.162 e. The zero-order chi connectivity index (χ0) is 14.4. The van der Waals surface area contributed by atoms with E-state index in [1.54, 1.807) is 0 Å². The van der Waals surface area contributed by atoms with Gasteiger partial charge in [0.25, 0.3) is 0 Å². The molecule has 4 atom stereocenters. The van der Waals surface area contributed by atoms with E-state index < -0.39 is 17.6 Å². The van der Waals surface area contributed by atoms with Crippen molar-refractivity contribution in [2.24, 2.45) is 11.8 Å². The Morgan fingerprint density at radius 1 is 1.05 bits per heavy atom. The first-order chi connectivity index (χ1) is 10.2. The van der Waals surface area contributed by atoms with Crippen molar-refractivity contribution in [2.45, 2.75) is 24.5 Å². The van der Waals surface area contributed by atoms with Crippen LogP contribution in [0, 0.1) is 11.8 Å². The van der Waals surface area contributed by atoms with Gasteiger partial charge in [-0.1, -0.05) is 54.6 Å². The Morgan fingerprint density at radius 3 is 2.62 bits per heavy atom. The topological polar surface area (TPSA) is 43.4 Å². The van der Waals surface area contributed by atoms with Crippen molar-refractivity contribution in [3.63, 3.8) is 0 Å². The molecule has 0 saturated carbocycles. The van der Waals surface area contributed by atoms with Gasteiger partial charge in [0, 0.05) is 6.42 Å². The van der Waals surface area contributed by atoms with Crippen molar-refractivity contribution < 1.29 is 14.3 Å². The van der Waals surface area contributed by atoms with Crippen LogP contribution in [0.2, 0.25) is 0 Å². The van der Waals surface area contributed by atoms with Gasteiger partial charge in [-0.2, -0.15) is 0 Å². The van der Waals surface area contributed by atoms with Gasteiger partial charge in [0.05, 0.1) is 11.8 Å². The number of ketones is 2. The van der Waals surface area contributed by atoms with Gasteiger partial charge in [-0.15, -0.1) is 0 Å². The second kappa shape index (κ2) is 4.50. The third-order valence-corrected chi connectivity index (χ3v) is 4.86. The lowest BCUT2D eigenvalue weighted by Gasteiger charge is -2.50. The minimum atomic E-state index is -0.685. The SMILES string of the molecule is O=C1CCC2(c3ccccc3)OC1C1C=CC=CC2C1=O. The average molecular weight is 280 g/mol. The van der Waals surface area contributed by atoms with Gasteiger partial charge in [-0.25, -0.2) is 0 Å². The van der Waals surface area contributed by atoms with E-state index in [1.807, 2.05) is 54.6 Å². The highest BCUT2D eigenvalue weighted by Crippen LogP contribution is 2.50. The third kappa shape index (κ3) is 1.70. The van der Waals surface area contributed by atoms with Gasteiger partial charge in [0.1, 0.15) is 11.7 Å². The fourth-order valence-electron chi connectivity index (χ4n) is 3.81. The van der Waals surface area contributed by atoms with E-state index in [0.717, 1.165) is 5.56 Å².